The number of halogens is 4. The van der Waals surface area contributed by atoms with Gasteiger partial charge in [-0.2, -0.15) is 13.2 Å². The highest BCUT2D eigenvalue weighted by Crippen LogP contribution is 2.32. The van der Waals surface area contributed by atoms with Gasteiger partial charge in [0.25, 0.3) is 5.91 Å². The normalized spacial score (nSPS) is 24.8. The van der Waals surface area contributed by atoms with Crippen molar-refractivity contribution in [1.29, 1.82) is 0 Å². The number of rotatable bonds is 3. The van der Waals surface area contributed by atoms with Gasteiger partial charge in [-0.1, -0.05) is 6.07 Å². The van der Waals surface area contributed by atoms with Crippen LogP contribution in [0.25, 0.3) is 10.9 Å². The van der Waals surface area contributed by atoms with E-state index in [1.54, 1.807) is 11.0 Å². The fourth-order valence-corrected chi connectivity index (χ4v) is 5.13. The molecule has 1 saturated carbocycles. The zero-order valence-corrected chi connectivity index (χ0v) is 18.6. The number of amides is 2. The minimum atomic E-state index is -4.49. The van der Waals surface area contributed by atoms with Crippen molar-refractivity contribution in [2.45, 2.75) is 63.8 Å². The molecule has 1 saturated heterocycles. The number of aromatic nitrogens is 1. The molecule has 1 aliphatic carbocycles. The number of piperazine rings is 1. The number of alkyl halides is 3. The van der Waals surface area contributed by atoms with Crippen molar-refractivity contribution in [3.8, 4) is 0 Å². The van der Waals surface area contributed by atoms with E-state index in [4.69, 9.17) is 0 Å². The molecule has 33 heavy (non-hydrogen) atoms. The molecule has 2 N–H and O–H groups in total. The Balaban J connectivity index is 1.42. The van der Waals surface area contributed by atoms with Crippen molar-refractivity contribution in [2.75, 3.05) is 19.6 Å². The number of nitrogens with zero attached hydrogens (tertiary/aromatic N) is 2. The molecule has 180 valence electrons. The quantitative estimate of drug-likeness (QED) is 0.675. The van der Waals surface area contributed by atoms with E-state index < -0.39 is 23.9 Å². The minimum Gasteiger partial charge on any atom is -0.350 e. The van der Waals surface area contributed by atoms with Crippen LogP contribution in [0.15, 0.2) is 18.2 Å². The lowest BCUT2D eigenvalue weighted by molar-refractivity contribution is -0.202. The Morgan fingerprint density at radius 3 is 2.61 bits per heavy atom. The van der Waals surface area contributed by atoms with E-state index >= 15 is 0 Å². The Kier molecular flexibility index (Phi) is 6.39. The van der Waals surface area contributed by atoms with Gasteiger partial charge in [-0.25, -0.2) is 4.39 Å². The highest BCUT2D eigenvalue weighted by atomic mass is 19.4. The third-order valence-corrected chi connectivity index (χ3v) is 6.89. The number of carbonyl (C=O) groups excluding carboxylic acids is 2. The smallest absolute Gasteiger partial charge is 0.350 e. The molecular weight excluding hydrogens is 440 g/mol. The van der Waals surface area contributed by atoms with Crippen LogP contribution in [-0.2, 0) is 4.79 Å². The van der Waals surface area contributed by atoms with Crippen molar-refractivity contribution >= 4 is 22.7 Å². The van der Waals surface area contributed by atoms with Crippen LogP contribution >= 0.6 is 0 Å². The molecule has 0 unspecified atom stereocenters. The minimum absolute atomic E-state index is 0.0347. The van der Waals surface area contributed by atoms with Gasteiger partial charge < -0.3 is 15.2 Å². The van der Waals surface area contributed by atoms with Crippen molar-refractivity contribution in [1.82, 2.24) is 20.1 Å². The highest BCUT2D eigenvalue weighted by Gasteiger charge is 2.48. The molecule has 2 aliphatic rings. The third-order valence-electron chi connectivity index (χ3n) is 6.89. The Bertz CT molecular complexity index is 1010. The summed E-state index contributed by atoms with van der Waals surface area (Å²) in [6, 6.07) is 2.38. The van der Waals surface area contributed by atoms with Crippen LogP contribution in [0.1, 0.15) is 48.7 Å². The first-order chi connectivity index (χ1) is 15.5. The van der Waals surface area contributed by atoms with Crippen LogP contribution in [0.4, 0.5) is 17.6 Å². The predicted molar refractivity (Wildman–Crippen MR) is 115 cm³/mol. The van der Waals surface area contributed by atoms with E-state index in [9.17, 15) is 27.2 Å². The van der Waals surface area contributed by atoms with Gasteiger partial charge in [0.05, 0.1) is 5.52 Å². The van der Waals surface area contributed by atoms with Crippen LogP contribution in [-0.4, -0.2) is 70.5 Å². The first-order valence-electron chi connectivity index (χ1n) is 11.2. The standard InChI is InChI=1S/C23H28F4N4O2/c1-13-6-7-18(24)17-11-19(29-21(13)17)22(33)28-15-4-3-5-16(10-15)30-8-9-31(14(2)32)20(12-30)23(25,26)27/h6-7,11,15-16,20,29H,3-5,8-10,12H2,1-2H3,(H,28,33)/t15-,16+,20+/m1/s1. The molecule has 1 aliphatic heterocycles. The lowest BCUT2D eigenvalue weighted by Crippen LogP contribution is -2.62. The summed E-state index contributed by atoms with van der Waals surface area (Å²) in [5, 5.41) is 3.32. The maximum absolute atomic E-state index is 14.1. The van der Waals surface area contributed by atoms with Gasteiger partial charge in [-0.05, 0) is 50.3 Å². The molecule has 0 spiro atoms. The third kappa shape index (κ3) is 4.85. The maximum Gasteiger partial charge on any atom is 0.410 e. The fourth-order valence-electron chi connectivity index (χ4n) is 5.13. The Morgan fingerprint density at radius 1 is 1.18 bits per heavy atom. The van der Waals surface area contributed by atoms with E-state index in [1.807, 2.05) is 6.92 Å². The van der Waals surface area contributed by atoms with Gasteiger partial charge >= 0.3 is 6.18 Å². The van der Waals surface area contributed by atoms with E-state index in [0.717, 1.165) is 36.6 Å². The molecule has 2 amide bonds. The van der Waals surface area contributed by atoms with Gasteiger partial charge in [0, 0.05) is 44.0 Å². The monoisotopic (exact) mass is 468 g/mol. The molecular formula is C23H28F4N4O2. The summed E-state index contributed by atoms with van der Waals surface area (Å²) in [6.45, 7) is 3.14. The second-order valence-corrected chi connectivity index (χ2v) is 9.09. The number of aromatic amines is 1. The summed E-state index contributed by atoms with van der Waals surface area (Å²) >= 11 is 0. The molecule has 6 nitrogen and oxygen atoms in total. The van der Waals surface area contributed by atoms with Crippen molar-refractivity contribution < 1.29 is 27.2 Å². The molecule has 10 heteroatoms. The highest BCUT2D eigenvalue weighted by molar-refractivity contribution is 5.99. The number of hydrogen-bond acceptors (Lipinski definition) is 3. The summed E-state index contributed by atoms with van der Waals surface area (Å²) in [5.74, 6) is -1.34. The number of hydrogen-bond donors (Lipinski definition) is 2. The molecule has 0 bridgehead atoms. The molecule has 0 radical (unpaired) electrons. The summed E-state index contributed by atoms with van der Waals surface area (Å²) < 4.78 is 54.8. The topological polar surface area (TPSA) is 68.4 Å². The van der Waals surface area contributed by atoms with Crippen LogP contribution in [0.5, 0.6) is 0 Å². The average molecular weight is 468 g/mol. The van der Waals surface area contributed by atoms with Crippen LogP contribution in [0.2, 0.25) is 0 Å². The first-order valence-corrected chi connectivity index (χ1v) is 11.2. The molecule has 2 fully saturated rings. The molecule has 3 atom stereocenters. The summed E-state index contributed by atoms with van der Waals surface area (Å²) in [4.78, 5) is 30.2. The largest absolute Gasteiger partial charge is 0.410 e. The molecule has 1 aromatic heterocycles. The number of benzene rings is 1. The summed E-state index contributed by atoms with van der Waals surface area (Å²) in [5.41, 5.74) is 1.66. The molecule has 1 aromatic carbocycles. The van der Waals surface area contributed by atoms with Crippen LogP contribution in [0.3, 0.4) is 0 Å². The predicted octanol–water partition coefficient (Wildman–Crippen LogP) is 3.75. The molecule has 4 rings (SSSR count). The van der Waals surface area contributed by atoms with Crippen LogP contribution < -0.4 is 5.32 Å². The van der Waals surface area contributed by atoms with E-state index in [0.29, 0.717) is 23.9 Å². The second-order valence-electron chi connectivity index (χ2n) is 9.09. The number of carbonyl (C=O) groups is 2. The average Bonchev–Trinajstić information content (AvgIpc) is 3.23. The number of aryl methyl sites for hydroxylation is 1. The van der Waals surface area contributed by atoms with Gasteiger partial charge in [-0.3, -0.25) is 14.5 Å². The number of fused-ring (bicyclic) bond motifs is 1. The number of H-pyrrole nitrogens is 1. The lowest BCUT2D eigenvalue weighted by Gasteiger charge is -2.46. The lowest BCUT2D eigenvalue weighted by atomic mass is 9.89. The zero-order valence-electron chi connectivity index (χ0n) is 18.6. The summed E-state index contributed by atoms with van der Waals surface area (Å²) in [6.07, 6.45) is -1.71. The second kappa shape index (κ2) is 8.96. The Labute approximate surface area is 189 Å². The van der Waals surface area contributed by atoms with Crippen molar-refractivity contribution in [3.63, 3.8) is 0 Å². The van der Waals surface area contributed by atoms with Crippen LogP contribution in [0, 0.1) is 12.7 Å². The Morgan fingerprint density at radius 2 is 1.94 bits per heavy atom. The zero-order chi connectivity index (χ0) is 23.9. The number of nitrogens with one attached hydrogen (secondary N) is 2. The van der Waals surface area contributed by atoms with Gasteiger partial charge in [-0.15, -0.1) is 0 Å². The van der Waals surface area contributed by atoms with Gasteiger partial charge in [0.15, 0.2) is 0 Å². The SMILES string of the molecule is CC(=O)N1CCN([C@H]2CCC[C@@H](NC(=O)c3cc4c(F)ccc(C)c4[nH]3)C2)C[C@H]1C(F)(F)F. The van der Waals surface area contributed by atoms with Crippen molar-refractivity contribution in [2.24, 2.45) is 0 Å². The van der Waals surface area contributed by atoms with Gasteiger partial charge in [0.2, 0.25) is 5.91 Å². The van der Waals surface area contributed by atoms with E-state index in [1.165, 1.54) is 12.1 Å². The molecule has 2 aromatic rings. The van der Waals surface area contributed by atoms with Crippen molar-refractivity contribution in [3.05, 3.63) is 35.3 Å². The van der Waals surface area contributed by atoms with E-state index in [2.05, 4.69) is 10.3 Å². The van der Waals surface area contributed by atoms with E-state index in [-0.39, 0.29) is 36.8 Å². The molecule has 2 heterocycles. The first kappa shape index (κ1) is 23.5. The maximum atomic E-state index is 14.1. The van der Waals surface area contributed by atoms with Gasteiger partial charge in [0.1, 0.15) is 17.6 Å². The fraction of sp³-hybridized carbons (Fsp3) is 0.565. The Hall–Kier alpha value is -2.62. The summed E-state index contributed by atoms with van der Waals surface area (Å²) in [7, 11) is 0.